The lowest BCUT2D eigenvalue weighted by Crippen LogP contribution is -2.36. The Hall–Kier alpha value is -1.75. The van der Waals surface area contributed by atoms with Gasteiger partial charge in [0.15, 0.2) is 6.61 Å². The summed E-state index contributed by atoms with van der Waals surface area (Å²) in [5, 5.41) is 12.2. The van der Waals surface area contributed by atoms with E-state index in [2.05, 4.69) is 5.32 Å². The van der Waals surface area contributed by atoms with Crippen molar-refractivity contribution in [2.75, 3.05) is 6.61 Å². The van der Waals surface area contributed by atoms with Crippen molar-refractivity contribution in [2.24, 2.45) is 5.92 Å². The minimum Gasteiger partial charge on any atom is -0.484 e. The molecule has 0 radical (unpaired) electrons. The third-order valence-corrected chi connectivity index (χ3v) is 3.55. The van der Waals surface area contributed by atoms with Crippen LogP contribution in [0.5, 0.6) is 5.75 Å². The molecule has 108 valence electrons. The lowest BCUT2D eigenvalue weighted by molar-refractivity contribution is -0.141. The minimum atomic E-state index is -0.795. The van der Waals surface area contributed by atoms with Gasteiger partial charge in [-0.25, -0.2) is 0 Å². The molecule has 0 heterocycles. The van der Waals surface area contributed by atoms with Crippen molar-refractivity contribution in [2.45, 2.75) is 25.3 Å². The maximum absolute atomic E-state index is 11.7. The van der Waals surface area contributed by atoms with E-state index < -0.39 is 5.97 Å². The van der Waals surface area contributed by atoms with E-state index in [0.717, 1.165) is 0 Å². The first-order valence-corrected chi connectivity index (χ1v) is 6.83. The second-order valence-electron chi connectivity index (χ2n) is 4.86. The zero-order valence-corrected chi connectivity index (χ0v) is 11.6. The molecule has 1 saturated carbocycles. The summed E-state index contributed by atoms with van der Waals surface area (Å²) in [7, 11) is 0. The largest absolute Gasteiger partial charge is 0.484 e. The molecule has 5 nitrogen and oxygen atoms in total. The Labute approximate surface area is 121 Å². The Kier molecular flexibility index (Phi) is 4.84. The monoisotopic (exact) mass is 297 g/mol. The van der Waals surface area contributed by atoms with Crippen LogP contribution in [0.3, 0.4) is 0 Å². The van der Waals surface area contributed by atoms with Crippen molar-refractivity contribution in [3.8, 4) is 5.75 Å². The average molecular weight is 298 g/mol. The van der Waals surface area contributed by atoms with E-state index in [9.17, 15) is 9.59 Å². The zero-order valence-electron chi connectivity index (χ0n) is 10.8. The van der Waals surface area contributed by atoms with Crippen LogP contribution in [0.15, 0.2) is 24.3 Å². The summed E-state index contributed by atoms with van der Waals surface area (Å²) in [6.07, 6.45) is 1.79. The van der Waals surface area contributed by atoms with Crippen LogP contribution in [-0.4, -0.2) is 29.6 Å². The Balaban J connectivity index is 1.75. The molecule has 0 saturated heterocycles. The number of hydrogen-bond donors (Lipinski definition) is 2. The molecule has 2 N–H and O–H groups in total. The smallest absolute Gasteiger partial charge is 0.306 e. The van der Waals surface area contributed by atoms with E-state index in [1.165, 1.54) is 0 Å². The van der Waals surface area contributed by atoms with E-state index in [0.29, 0.717) is 30.0 Å². The average Bonchev–Trinajstić information content (AvgIpc) is 2.85. The number of carbonyl (C=O) groups is 2. The first kappa shape index (κ1) is 14.7. The Morgan fingerprint density at radius 1 is 1.40 bits per heavy atom. The molecule has 2 unspecified atom stereocenters. The van der Waals surface area contributed by atoms with Crippen LogP contribution in [0.25, 0.3) is 0 Å². The number of carbonyl (C=O) groups excluding carboxylic acids is 1. The molecular weight excluding hydrogens is 282 g/mol. The van der Waals surface area contributed by atoms with Gasteiger partial charge in [0.25, 0.3) is 5.91 Å². The molecule has 1 fully saturated rings. The van der Waals surface area contributed by atoms with E-state index in [1.54, 1.807) is 24.3 Å². The molecule has 0 aliphatic heterocycles. The quantitative estimate of drug-likeness (QED) is 0.872. The van der Waals surface area contributed by atoms with Crippen LogP contribution in [0, 0.1) is 5.92 Å². The molecule has 0 bridgehead atoms. The number of ether oxygens (including phenoxy) is 1. The molecule has 1 amide bonds. The molecule has 20 heavy (non-hydrogen) atoms. The van der Waals surface area contributed by atoms with Gasteiger partial charge in [-0.15, -0.1) is 0 Å². The zero-order chi connectivity index (χ0) is 14.5. The van der Waals surface area contributed by atoms with Gasteiger partial charge in [-0.05, 0) is 37.5 Å². The Morgan fingerprint density at radius 3 is 2.85 bits per heavy atom. The van der Waals surface area contributed by atoms with Crippen molar-refractivity contribution in [3.05, 3.63) is 29.3 Å². The van der Waals surface area contributed by atoms with E-state index in [-0.39, 0.29) is 24.5 Å². The van der Waals surface area contributed by atoms with Gasteiger partial charge in [-0.3, -0.25) is 9.59 Å². The standard InChI is InChI=1S/C14H16ClNO4/c15-10-2-1-3-12(7-10)20-8-13(17)16-11-5-4-9(6-11)14(18)19/h1-3,7,9,11H,4-6,8H2,(H,16,17)(H,18,19). The van der Waals surface area contributed by atoms with Gasteiger partial charge >= 0.3 is 5.97 Å². The molecular formula is C14H16ClNO4. The van der Waals surface area contributed by atoms with Crippen molar-refractivity contribution < 1.29 is 19.4 Å². The molecule has 2 atom stereocenters. The Morgan fingerprint density at radius 2 is 2.20 bits per heavy atom. The highest BCUT2D eigenvalue weighted by Gasteiger charge is 2.30. The lowest BCUT2D eigenvalue weighted by Gasteiger charge is -2.13. The number of rotatable bonds is 5. The maximum Gasteiger partial charge on any atom is 0.306 e. The number of carboxylic acid groups (broad SMARTS) is 1. The molecule has 0 spiro atoms. The van der Waals surface area contributed by atoms with Gasteiger partial charge in [-0.1, -0.05) is 17.7 Å². The van der Waals surface area contributed by atoms with Crippen LogP contribution < -0.4 is 10.1 Å². The SMILES string of the molecule is O=C(COc1cccc(Cl)c1)NC1CCC(C(=O)O)C1. The summed E-state index contributed by atoms with van der Waals surface area (Å²) in [4.78, 5) is 22.5. The minimum absolute atomic E-state index is 0.0773. The molecule has 1 aromatic carbocycles. The first-order chi connectivity index (χ1) is 9.54. The number of nitrogens with one attached hydrogen (secondary N) is 1. The lowest BCUT2D eigenvalue weighted by atomic mass is 10.1. The fourth-order valence-corrected chi connectivity index (χ4v) is 2.49. The van der Waals surface area contributed by atoms with Gasteiger partial charge in [0.1, 0.15) is 5.75 Å². The van der Waals surface area contributed by atoms with Crippen LogP contribution in [0.1, 0.15) is 19.3 Å². The number of carboxylic acids is 1. The fraction of sp³-hybridized carbons (Fsp3) is 0.429. The number of benzene rings is 1. The van der Waals surface area contributed by atoms with Crippen molar-refractivity contribution in [1.82, 2.24) is 5.32 Å². The number of hydrogen-bond acceptors (Lipinski definition) is 3. The van der Waals surface area contributed by atoms with Gasteiger partial charge in [-0.2, -0.15) is 0 Å². The summed E-state index contributed by atoms with van der Waals surface area (Å²) in [5.41, 5.74) is 0. The van der Waals surface area contributed by atoms with Crippen LogP contribution in [-0.2, 0) is 9.59 Å². The second-order valence-corrected chi connectivity index (χ2v) is 5.30. The summed E-state index contributed by atoms with van der Waals surface area (Å²) >= 11 is 5.81. The molecule has 6 heteroatoms. The summed E-state index contributed by atoms with van der Waals surface area (Å²) in [5.74, 6) is -0.866. The number of aliphatic carboxylic acids is 1. The fourth-order valence-electron chi connectivity index (χ4n) is 2.31. The summed E-state index contributed by atoms with van der Waals surface area (Å²) in [6.45, 7) is -0.103. The van der Waals surface area contributed by atoms with E-state index in [1.807, 2.05) is 0 Å². The summed E-state index contributed by atoms with van der Waals surface area (Å²) < 4.78 is 5.32. The third-order valence-electron chi connectivity index (χ3n) is 3.31. The van der Waals surface area contributed by atoms with Crippen molar-refractivity contribution in [3.63, 3.8) is 0 Å². The van der Waals surface area contributed by atoms with Crippen molar-refractivity contribution >= 4 is 23.5 Å². The third kappa shape index (κ3) is 4.13. The van der Waals surface area contributed by atoms with Gasteiger partial charge in [0, 0.05) is 11.1 Å². The Bertz CT molecular complexity index is 506. The highest BCUT2D eigenvalue weighted by atomic mass is 35.5. The second kappa shape index (κ2) is 6.61. The van der Waals surface area contributed by atoms with Crippen LogP contribution >= 0.6 is 11.6 Å². The van der Waals surface area contributed by atoms with Crippen LogP contribution in [0.2, 0.25) is 5.02 Å². The van der Waals surface area contributed by atoms with Gasteiger partial charge < -0.3 is 15.2 Å². The highest BCUT2D eigenvalue weighted by Crippen LogP contribution is 2.25. The molecule has 1 aromatic rings. The van der Waals surface area contributed by atoms with E-state index >= 15 is 0 Å². The molecule has 0 aromatic heterocycles. The predicted molar refractivity (Wildman–Crippen MR) is 73.9 cm³/mol. The maximum atomic E-state index is 11.7. The number of halogens is 1. The van der Waals surface area contributed by atoms with Gasteiger partial charge in [0.2, 0.25) is 0 Å². The topological polar surface area (TPSA) is 75.6 Å². The molecule has 1 aliphatic carbocycles. The molecule has 1 aliphatic rings. The van der Waals surface area contributed by atoms with Crippen molar-refractivity contribution in [1.29, 1.82) is 0 Å². The highest BCUT2D eigenvalue weighted by molar-refractivity contribution is 6.30. The first-order valence-electron chi connectivity index (χ1n) is 6.45. The number of amides is 1. The van der Waals surface area contributed by atoms with E-state index in [4.69, 9.17) is 21.4 Å². The van der Waals surface area contributed by atoms with Crippen LogP contribution in [0.4, 0.5) is 0 Å². The predicted octanol–water partition coefficient (Wildman–Crippen LogP) is 2.09. The normalized spacial score (nSPS) is 21.4. The molecule has 2 rings (SSSR count). The van der Waals surface area contributed by atoms with Gasteiger partial charge in [0.05, 0.1) is 5.92 Å². The summed E-state index contributed by atoms with van der Waals surface area (Å²) in [6, 6.07) is 6.73.